The fraction of sp³-hybridized carbons (Fsp3) is 0.980. The Hall–Kier alpha value is -0.500. The molecule has 58 heavy (non-hydrogen) atoms. The minimum Gasteiger partial charge on any atom is -0.756 e. The summed E-state index contributed by atoms with van der Waals surface area (Å²) in [7, 11) is 1.31. The van der Waals surface area contributed by atoms with Gasteiger partial charge in [-0.1, -0.05) is 239 Å². The molecule has 0 fully saturated rings. The van der Waals surface area contributed by atoms with Gasteiger partial charge in [-0.2, -0.15) is 0 Å². The summed E-state index contributed by atoms with van der Waals surface area (Å²) in [5.41, 5.74) is 0. The van der Waals surface area contributed by atoms with Gasteiger partial charge in [0, 0.05) is 6.42 Å². The van der Waals surface area contributed by atoms with Crippen LogP contribution in [0.3, 0.4) is 0 Å². The SMILES string of the molecule is CCCCCCCCCCCCCCCCCCCCCCCCCCCCCCCCCC(=O)NC(COP(=O)([O-])OCC[N+](C)(C)C)C(O)CCCCCCC. The Balaban J connectivity index is 3.75. The van der Waals surface area contributed by atoms with Crippen molar-refractivity contribution in [2.24, 2.45) is 0 Å². The molecule has 3 unspecified atom stereocenters. The highest BCUT2D eigenvalue weighted by atomic mass is 31.2. The summed E-state index contributed by atoms with van der Waals surface area (Å²) in [6.07, 6.45) is 47.7. The van der Waals surface area contributed by atoms with Crippen LogP contribution >= 0.6 is 7.82 Å². The highest BCUT2D eigenvalue weighted by molar-refractivity contribution is 7.45. The third-order valence-corrected chi connectivity index (χ3v) is 12.8. The molecule has 0 rings (SSSR count). The minimum absolute atomic E-state index is 0.0149. The molecule has 0 radical (unpaired) electrons. The quantitative estimate of drug-likeness (QED) is 0.0359. The lowest BCUT2D eigenvalue weighted by Gasteiger charge is -2.30. The number of aliphatic hydroxyl groups excluding tert-OH is 1. The van der Waals surface area contributed by atoms with E-state index in [4.69, 9.17) is 9.05 Å². The smallest absolute Gasteiger partial charge is 0.268 e. The van der Waals surface area contributed by atoms with Crippen molar-refractivity contribution in [3.63, 3.8) is 0 Å². The van der Waals surface area contributed by atoms with Gasteiger partial charge in [-0.05, 0) is 12.8 Å². The number of aliphatic hydroxyl groups is 1. The van der Waals surface area contributed by atoms with Crippen molar-refractivity contribution in [3.05, 3.63) is 0 Å². The van der Waals surface area contributed by atoms with E-state index >= 15 is 0 Å². The van der Waals surface area contributed by atoms with Gasteiger partial charge in [0.2, 0.25) is 5.91 Å². The number of rotatable bonds is 47. The van der Waals surface area contributed by atoms with Gasteiger partial charge >= 0.3 is 0 Å². The van der Waals surface area contributed by atoms with Crippen molar-refractivity contribution in [1.29, 1.82) is 0 Å². The van der Waals surface area contributed by atoms with Crippen LogP contribution in [0.25, 0.3) is 0 Å². The average Bonchev–Trinajstić information content (AvgIpc) is 3.17. The summed E-state index contributed by atoms with van der Waals surface area (Å²) in [5, 5.41) is 13.7. The van der Waals surface area contributed by atoms with Crippen molar-refractivity contribution in [3.8, 4) is 0 Å². The van der Waals surface area contributed by atoms with Gasteiger partial charge in [0.05, 0.1) is 39.9 Å². The second-order valence-corrected chi connectivity index (χ2v) is 20.3. The highest BCUT2D eigenvalue weighted by Gasteiger charge is 2.24. The number of hydrogen-bond donors (Lipinski definition) is 2. The Morgan fingerprint density at radius 3 is 1.17 bits per heavy atom. The van der Waals surface area contributed by atoms with Crippen LogP contribution in [0.5, 0.6) is 0 Å². The van der Waals surface area contributed by atoms with Crippen LogP contribution < -0.4 is 10.2 Å². The Labute approximate surface area is 361 Å². The molecule has 3 atom stereocenters. The number of likely N-dealkylation sites (N-methyl/N-ethyl adjacent to an activating group) is 1. The number of unbranched alkanes of at least 4 members (excludes halogenated alkanes) is 34. The number of carbonyl (C=O) groups excluding carboxylic acids is 1. The molecular weight excluding hydrogens is 744 g/mol. The standard InChI is InChI=1S/C49H101N2O6P/c1-6-8-10-12-13-14-15-16-17-18-19-20-21-22-23-24-25-26-27-28-29-30-31-32-33-34-35-36-37-39-41-43-49(53)50-47(48(52)42-40-38-11-9-7-2)46-57-58(54,55)56-45-44-51(3,4)5/h47-48,52H,6-46H2,1-5H3,(H-,50,53,54,55). The van der Waals surface area contributed by atoms with E-state index in [9.17, 15) is 19.4 Å². The number of carbonyl (C=O) groups is 1. The number of nitrogens with one attached hydrogen (secondary N) is 1. The molecule has 0 bridgehead atoms. The van der Waals surface area contributed by atoms with E-state index in [-0.39, 0.29) is 19.1 Å². The first kappa shape index (κ1) is 57.5. The number of phosphoric acid groups is 1. The molecular formula is C49H101N2O6P. The highest BCUT2D eigenvalue weighted by Crippen LogP contribution is 2.38. The van der Waals surface area contributed by atoms with Crippen molar-refractivity contribution in [1.82, 2.24) is 5.32 Å². The van der Waals surface area contributed by atoms with Crippen LogP contribution in [-0.4, -0.2) is 68.5 Å². The average molecular weight is 845 g/mol. The molecule has 0 saturated heterocycles. The lowest BCUT2D eigenvalue weighted by Crippen LogP contribution is -2.46. The van der Waals surface area contributed by atoms with E-state index in [1.165, 1.54) is 180 Å². The molecule has 0 aliphatic rings. The van der Waals surface area contributed by atoms with Gasteiger partial charge < -0.3 is 28.8 Å². The lowest BCUT2D eigenvalue weighted by atomic mass is 10.0. The van der Waals surface area contributed by atoms with Crippen LogP contribution in [0.15, 0.2) is 0 Å². The monoisotopic (exact) mass is 845 g/mol. The van der Waals surface area contributed by atoms with Gasteiger partial charge in [-0.15, -0.1) is 0 Å². The van der Waals surface area contributed by atoms with Crippen molar-refractivity contribution < 1.29 is 32.9 Å². The first-order chi connectivity index (χ1) is 28.0. The molecule has 0 aromatic carbocycles. The lowest BCUT2D eigenvalue weighted by molar-refractivity contribution is -0.870. The van der Waals surface area contributed by atoms with Crippen molar-refractivity contribution >= 4 is 13.7 Å². The molecule has 0 aliphatic heterocycles. The molecule has 2 N–H and O–H groups in total. The van der Waals surface area contributed by atoms with Crippen LogP contribution in [0.1, 0.15) is 258 Å². The summed E-state index contributed by atoms with van der Waals surface area (Å²) < 4.78 is 23.1. The molecule has 0 heterocycles. The number of amides is 1. The van der Waals surface area contributed by atoms with Gasteiger partial charge in [0.25, 0.3) is 7.82 Å². The number of nitrogens with zero attached hydrogens (tertiary/aromatic N) is 1. The zero-order valence-corrected chi connectivity index (χ0v) is 40.4. The summed E-state index contributed by atoms with van der Waals surface area (Å²) in [5.74, 6) is -0.166. The third kappa shape index (κ3) is 43.6. The molecule has 0 saturated carbocycles. The second-order valence-electron chi connectivity index (χ2n) is 18.9. The zero-order valence-electron chi connectivity index (χ0n) is 39.5. The summed E-state index contributed by atoms with van der Waals surface area (Å²) >= 11 is 0. The maximum absolute atomic E-state index is 12.8. The van der Waals surface area contributed by atoms with E-state index < -0.39 is 20.0 Å². The third-order valence-electron chi connectivity index (χ3n) is 11.8. The first-order valence-corrected chi connectivity index (χ1v) is 26.8. The van der Waals surface area contributed by atoms with E-state index in [0.29, 0.717) is 23.9 Å². The maximum atomic E-state index is 12.8. The summed E-state index contributed by atoms with van der Waals surface area (Å²) in [4.78, 5) is 25.1. The largest absolute Gasteiger partial charge is 0.756 e. The van der Waals surface area contributed by atoms with Crippen LogP contribution in [0.4, 0.5) is 0 Å². The van der Waals surface area contributed by atoms with Crippen LogP contribution in [0.2, 0.25) is 0 Å². The number of quaternary nitrogens is 1. The van der Waals surface area contributed by atoms with Gasteiger partial charge in [0.15, 0.2) is 0 Å². The fourth-order valence-electron chi connectivity index (χ4n) is 7.81. The molecule has 0 aromatic heterocycles. The van der Waals surface area contributed by atoms with Crippen molar-refractivity contribution in [2.45, 2.75) is 270 Å². The Morgan fingerprint density at radius 2 is 0.845 bits per heavy atom. The zero-order chi connectivity index (χ0) is 42.8. The fourth-order valence-corrected chi connectivity index (χ4v) is 8.53. The summed E-state index contributed by atoms with van der Waals surface area (Å²) in [6, 6.07) is -0.790. The van der Waals surface area contributed by atoms with Gasteiger partial charge in [0.1, 0.15) is 13.2 Å². The molecule has 1 amide bonds. The van der Waals surface area contributed by atoms with Gasteiger partial charge in [-0.25, -0.2) is 0 Å². The number of phosphoric ester groups is 1. The second kappa shape index (κ2) is 41.8. The summed E-state index contributed by atoms with van der Waals surface area (Å²) in [6.45, 7) is 4.65. The minimum atomic E-state index is -4.54. The maximum Gasteiger partial charge on any atom is 0.268 e. The van der Waals surface area contributed by atoms with E-state index in [2.05, 4.69) is 19.2 Å². The Kier molecular flexibility index (Phi) is 41.5. The van der Waals surface area contributed by atoms with Gasteiger partial charge in [-0.3, -0.25) is 9.36 Å². The molecule has 0 aromatic rings. The van der Waals surface area contributed by atoms with Crippen molar-refractivity contribution in [2.75, 3.05) is 40.9 Å². The molecule has 0 aliphatic carbocycles. The molecule has 8 nitrogen and oxygen atoms in total. The predicted molar refractivity (Wildman–Crippen MR) is 247 cm³/mol. The predicted octanol–water partition coefficient (Wildman–Crippen LogP) is 13.9. The van der Waals surface area contributed by atoms with E-state index in [1.54, 1.807) is 0 Å². The molecule has 348 valence electrons. The van der Waals surface area contributed by atoms with E-state index in [1.807, 2.05) is 21.1 Å². The molecule has 0 spiro atoms. The van der Waals surface area contributed by atoms with Crippen LogP contribution in [-0.2, 0) is 18.4 Å². The first-order valence-electron chi connectivity index (χ1n) is 25.4. The normalized spacial score (nSPS) is 14.1. The Morgan fingerprint density at radius 1 is 0.534 bits per heavy atom. The number of hydrogen-bond acceptors (Lipinski definition) is 6. The topological polar surface area (TPSA) is 108 Å². The molecule has 9 heteroatoms. The van der Waals surface area contributed by atoms with E-state index in [0.717, 1.165) is 51.4 Å². The van der Waals surface area contributed by atoms with Crippen LogP contribution in [0, 0.1) is 0 Å². The Bertz CT molecular complexity index is 916.